The normalized spacial score (nSPS) is 18.5. The van der Waals surface area contributed by atoms with Crippen LogP contribution in [0.15, 0.2) is 18.2 Å². The summed E-state index contributed by atoms with van der Waals surface area (Å²) < 4.78 is 5.45. The summed E-state index contributed by atoms with van der Waals surface area (Å²) in [6, 6.07) is 3.24. The van der Waals surface area contributed by atoms with Crippen molar-refractivity contribution in [3.05, 3.63) is 29.3 Å². The van der Waals surface area contributed by atoms with E-state index in [9.17, 15) is 9.90 Å². The molecule has 3 nitrogen and oxygen atoms in total. The van der Waals surface area contributed by atoms with Crippen LogP contribution in [-0.4, -0.2) is 17.5 Å². The maximum absolute atomic E-state index is 10.6. The second kappa shape index (κ2) is 3.18. The molecule has 0 radical (unpaired) electrons. The highest BCUT2D eigenvalue weighted by molar-refractivity contribution is 5.84. The lowest BCUT2D eigenvalue weighted by atomic mass is 10.1. The first-order valence-electron chi connectivity index (χ1n) is 4.38. The minimum absolute atomic E-state index is 0.00369. The van der Waals surface area contributed by atoms with Crippen molar-refractivity contribution < 1.29 is 14.6 Å². The molecule has 1 unspecified atom stereocenters. The number of aldehydes is 1. The molecule has 0 bridgehead atoms. The zero-order valence-corrected chi connectivity index (χ0v) is 7.73. The Bertz CT molecular complexity index is 407. The molecule has 0 spiro atoms. The molecule has 0 saturated carbocycles. The van der Waals surface area contributed by atoms with Crippen molar-refractivity contribution >= 4 is 12.4 Å². The number of ether oxygens (including phenoxy) is 1. The highest BCUT2D eigenvalue weighted by Crippen LogP contribution is 2.34. The number of fused-ring (bicyclic) bond motifs is 1. The van der Waals surface area contributed by atoms with E-state index in [1.54, 1.807) is 18.2 Å². The number of phenols is 1. The number of carbonyl (C=O) groups is 1. The third-order valence-electron chi connectivity index (χ3n) is 2.18. The monoisotopic (exact) mass is 190 g/mol. The number of hydrogen-bond donors (Lipinski definition) is 1. The van der Waals surface area contributed by atoms with Crippen LogP contribution in [0, 0.1) is 0 Å². The van der Waals surface area contributed by atoms with E-state index in [1.807, 2.05) is 13.0 Å². The number of benzene rings is 1. The molecular formula is C11H10O3. The van der Waals surface area contributed by atoms with Gasteiger partial charge in [0.15, 0.2) is 6.29 Å². The number of carbonyl (C=O) groups excluding carboxylic acids is 1. The molecule has 1 N–H and O–H groups in total. The molecule has 72 valence electrons. The second-order valence-electron chi connectivity index (χ2n) is 3.22. The molecule has 1 aliphatic heterocycles. The zero-order valence-electron chi connectivity index (χ0n) is 7.73. The van der Waals surface area contributed by atoms with Crippen molar-refractivity contribution in [3.8, 4) is 11.5 Å². The topological polar surface area (TPSA) is 46.5 Å². The van der Waals surface area contributed by atoms with Gasteiger partial charge in [0, 0.05) is 0 Å². The quantitative estimate of drug-likeness (QED) is 0.689. The van der Waals surface area contributed by atoms with Crippen LogP contribution in [0.2, 0.25) is 0 Å². The van der Waals surface area contributed by atoms with Crippen LogP contribution in [0.1, 0.15) is 22.8 Å². The van der Waals surface area contributed by atoms with Crippen molar-refractivity contribution in [1.82, 2.24) is 0 Å². The molecule has 1 aromatic rings. The van der Waals surface area contributed by atoms with Crippen LogP contribution in [0.4, 0.5) is 0 Å². The third kappa shape index (κ3) is 1.27. The molecule has 3 heteroatoms. The van der Waals surface area contributed by atoms with E-state index in [2.05, 4.69) is 0 Å². The summed E-state index contributed by atoms with van der Waals surface area (Å²) in [6.45, 7) is 1.91. The van der Waals surface area contributed by atoms with Crippen LogP contribution >= 0.6 is 0 Å². The lowest BCUT2D eigenvalue weighted by Gasteiger charge is -2.19. The third-order valence-corrected chi connectivity index (χ3v) is 2.18. The molecule has 0 amide bonds. The van der Waals surface area contributed by atoms with E-state index >= 15 is 0 Å². The average molecular weight is 190 g/mol. The van der Waals surface area contributed by atoms with Gasteiger partial charge in [-0.25, -0.2) is 0 Å². The predicted octanol–water partition coefficient (Wildman–Crippen LogP) is 2.00. The van der Waals surface area contributed by atoms with E-state index in [1.165, 1.54) is 0 Å². The van der Waals surface area contributed by atoms with Gasteiger partial charge >= 0.3 is 0 Å². The molecular weight excluding hydrogens is 180 g/mol. The first-order valence-corrected chi connectivity index (χ1v) is 4.38. The highest BCUT2D eigenvalue weighted by Gasteiger charge is 2.16. The smallest absolute Gasteiger partial charge is 0.153 e. The largest absolute Gasteiger partial charge is 0.506 e. The summed E-state index contributed by atoms with van der Waals surface area (Å²) in [4.78, 5) is 10.6. The van der Waals surface area contributed by atoms with E-state index in [-0.39, 0.29) is 17.4 Å². The number of phenolic OH excluding ortho intramolecular Hbond substituents is 1. The summed E-state index contributed by atoms with van der Waals surface area (Å²) >= 11 is 0. The number of hydrogen-bond acceptors (Lipinski definition) is 3. The Morgan fingerprint density at radius 1 is 1.50 bits per heavy atom. The molecule has 1 heterocycles. The maximum Gasteiger partial charge on any atom is 0.153 e. The van der Waals surface area contributed by atoms with Crippen LogP contribution in [0.3, 0.4) is 0 Å². The molecule has 0 fully saturated rings. The Morgan fingerprint density at radius 3 is 3.00 bits per heavy atom. The van der Waals surface area contributed by atoms with E-state index < -0.39 is 0 Å². The Morgan fingerprint density at radius 2 is 2.29 bits per heavy atom. The highest BCUT2D eigenvalue weighted by atomic mass is 16.5. The first-order chi connectivity index (χ1) is 6.72. The van der Waals surface area contributed by atoms with Gasteiger partial charge in [0.05, 0.1) is 11.1 Å². The van der Waals surface area contributed by atoms with Gasteiger partial charge in [-0.2, -0.15) is 0 Å². The Kier molecular flexibility index (Phi) is 2.00. The zero-order chi connectivity index (χ0) is 10.1. The molecule has 1 aliphatic rings. The van der Waals surface area contributed by atoms with E-state index in [0.29, 0.717) is 17.6 Å². The molecule has 0 saturated heterocycles. The Labute approximate surface area is 81.6 Å². The van der Waals surface area contributed by atoms with Crippen LogP contribution in [0.25, 0.3) is 6.08 Å². The van der Waals surface area contributed by atoms with Gasteiger partial charge in [-0.05, 0) is 31.2 Å². The fourth-order valence-corrected chi connectivity index (χ4v) is 1.44. The lowest BCUT2D eigenvalue weighted by Crippen LogP contribution is -2.12. The predicted molar refractivity (Wildman–Crippen MR) is 52.6 cm³/mol. The molecule has 1 atom stereocenters. The fourth-order valence-electron chi connectivity index (χ4n) is 1.44. The van der Waals surface area contributed by atoms with Gasteiger partial charge in [-0.3, -0.25) is 4.79 Å². The van der Waals surface area contributed by atoms with Gasteiger partial charge in [-0.15, -0.1) is 0 Å². The summed E-state index contributed by atoms with van der Waals surface area (Å²) in [5.41, 5.74) is 0.860. The Balaban J connectivity index is 2.57. The Hall–Kier alpha value is -1.77. The van der Waals surface area contributed by atoms with E-state index in [4.69, 9.17) is 4.74 Å². The summed E-state index contributed by atoms with van der Waals surface area (Å²) in [5, 5.41) is 9.66. The summed E-state index contributed by atoms with van der Waals surface area (Å²) in [6.07, 6.45) is 4.23. The van der Waals surface area contributed by atoms with Gasteiger partial charge < -0.3 is 9.84 Å². The van der Waals surface area contributed by atoms with E-state index in [0.717, 1.165) is 0 Å². The van der Waals surface area contributed by atoms with Crippen LogP contribution in [0.5, 0.6) is 11.5 Å². The molecule has 14 heavy (non-hydrogen) atoms. The standard InChI is InChI=1S/C11H10O3/c1-7-2-4-9-10(14-7)5-3-8(6-12)11(9)13/h2-7,13H,1H3. The maximum atomic E-state index is 10.6. The summed E-state index contributed by atoms with van der Waals surface area (Å²) in [5.74, 6) is 0.601. The van der Waals surface area contributed by atoms with Crippen LogP contribution < -0.4 is 4.74 Å². The second-order valence-corrected chi connectivity index (χ2v) is 3.22. The van der Waals surface area contributed by atoms with Crippen LogP contribution in [-0.2, 0) is 0 Å². The van der Waals surface area contributed by atoms with Crippen molar-refractivity contribution in [2.75, 3.05) is 0 Å². The van der Waals surface area contributed by atoms with Gasteiger partial charge in [0.2, 0.25) is 0 Å². The number of aromatic hydroxyl groups is 1. The lowest BCUT2D eigenvalue weighted by molar-refractivity contribution is 0.112. The first kappa shape index (κ1) is 8.81. The SMILES string of the molecule is CC1C=Cc2c(ccc(C=O)c2O)O1. The van der Waals surface area contributed by atoms with Crippen molar-refractivity contribution in [3.63, 3.8) is 0 Å². The minimum atomic E-state index is -0.0133. The molecule has 0 aromatic heterocycles. The fraction of sp³-hybridized carbons (Fsp3) is 0.182. The molecule has 0 aliphatic carbocycles. The van der Waals surface area contributed by atoms with Gasteiger partial charge in [0.1, 0.15) is 17.6 Å². The summed E-state index contributed by atoms with van der Waals surface area (Å²) in [7, 11) is 0. The van der Waals surface area contributed by atoms with Gasteiger partial charge in [-0.1, -0.05) is 0 Å². The van der Waals surface area contributed by atoms with Crippen molar-refractivity contribution in [2.45, 2.75) is 13.0 Å². The minimum Gasteiger partial charge on any atom is -0.506 e. The van der Waals surface area contributed by atoms with Gasteiger partial charge in [0.25, 0.3) is 0 Å². The molecule has 1 aromatic carbocycles. The van der Waals surface area contributed by atoms with Crippen molar-refractivity contribution in [1.29, 1.82) is 0 Å². The average Bonchev–Trinajstić information content (AvgIpc) is 2.18. The number of rotatable bonds is 1. The molecule has 2 rings (SSSR count). The van der Waals surface area contributed by atoms with Crippen molar-refractivity contribution in [2.24, 2.45) is 0 Å².